The Balaban J connectivity index is 1.37. The predicted molar refractivity (Wildman–Crippen MR) is 123 cm³/mol. The van der Waals surface area contributed by atoms with E-state index < -0.39 is 0 Å². The van der Waals surface area contributed by atoms with E-state index in [1.165, 1.54) is 0 Å². The van der Waals surface area contributed by atoms with Crippen molar-refractivity contribution in [3.8, 4) is 0 Å². The lowest BCUT2D eigenvalue weighted by atomic mass is 9.95. The first-order chi connectivity index (χ1) is 15.5. The Morgan fingerprint density at radius 3 is 2.47 bits per heavy atom. The monoisotopic (exact) mass is 431 g/mol. The smallest absolute Gasteiger partial charge is 0.257 e. The Morgan fingerprint density at radius 2 is 1.81 bits per heavy atom. The van der Waals surface area contributed by atoms with Crippen LogP contribution < -0.4 is 5.32 Å². The van der Waals surface area contributed by atoms with E-state index >= 15 is 0 Å². The van der Waals surface area contributed by atoms with Crippen LogP contribution in [-0.4, -0.2) is 44.6 Å². The summed E-state index contributed by atoms with van der Waals surface area (Å²) >= 11 is 0. The largest absolute Gasteiger partial charge is 0.338 e. The third-order valence-corrected chi connectivity index (χ3v) is 6.00. The van der Waals surface area contributed by atoms with Gasteiger partial charge in [0.25, 0.3) is 5.91 Å². The molecule has 2 aromatic heterocycles. The first-order valence-electron chi connectivity index (χ1n) is 11.2. The van der Waals surface area contributed by atoms with E-state index in [4.69, 9.17) is 0 Å². The molecule has 0 radical (unpaired) electrons. The van der Waals surface area contributed by atoms with Gasteiger partial charge in [-0.3, -0.25) is 14.3 Å². The molecule has 0 atom stereocenters. The molecule has 1 aliphatic heterocycles. The Morgan fingerprint density at radius 1 is 1.06 bits per heavy atom. The van der Waals surface area contributed by atoms with Crippen LogP contribution in [0.5, 0.6) is 0 Å². The lowest BCUT2D eigenvalue weighted by Gasteiger charge is -2.31. The number of benzene rings is 1. The molecule has 0 saturated carbocycles. The molecule has 1 aliphatic rings. The molecule has 0 spiro atoms. The Labute approximate surface area is 188 Å². The summed E-state index contributed by atoms with van der Waals surface area (Å²) in [6, 6.07) is 13.9. The molecule has 4 rings (SSSR count). The van der Waals surface area contributed by atoms with E-state index in [2.05, 4.69) is 27.5 Å². The van der Waals surface area contributed by atoms with Gasteiger partial charge in [0.05, 0.1) is 24.0 Å². The van der Waals surface area contributed by atoms with Crippen LogP contribution in [0.2, 0.25) is 0 Å². The number of aromatic nitrogens is 3. The number of nitrogens with one attached hydrogen (secondary N) is 1. The highest BCUT2D eigenvalue weighted by Gasteiger charge is 2.29. The fraction of sp³-hybridized carbons (Fsp3) is 0.360. The second-order valence-electron chi connectivity index (χ2n) is 8.28. The molecule has 166 valence electrons. The number of nitrogens with zero attached hydrogens (tertiary/aromatic N) is 4. The Bertz CT molecular complexity index is 1070. The Kier molecular flexibility index (Phi) is 6.63. The third kappa shape index (κ3) is 4.88. The number of piperidine rings is 1. The molecule has 3 aromatic rings. The molecule has 1 N–H and O–H groups in total. The molecule has 7 nitrogen and oxygen atoms in total. The summed E-state index contributed by atoms with van der Waals surface area (Å²) in [5.74, 6) is 0.421. The van der Waals surface area contributed by atoms with Crippen molar-refractivity contribution in [2.45, 2.75) is 39.7 Å². The molecule has 2 amide bonds. The van der Waals surface area contributed by atoms with Crippen molar-refractivity contribution in [1.82, 2.24) is 19.7 Å². The number of aryl methyl sites for hydroxylation is 1. The third-order valence-electron chi connectivity index (χ3n) is 6.00. The summed E-state index contributed by atoms with van der Waals surface area (Å²) in [6.45, 7) is 5.77. The highest BCUT2D eigenvalue weighted by molar-refractivity contribution is 5.96. The van der Waals surface area contributed by atoms with Crippen LogP contribution in [0.1, 0.15) is 46.9 Å². The quantitative estimate of drug-likeness (QED) is 0.646. The first-order valence-corrected chi connectivity index (χ1v) is 11.2. The SMILES string of the molecule is CCc1c(C(=O)N2CCC(C(=O)Nc3ccc(C)cn3)CC2)cnn1Cc1ccccc1. The first kappa shape index (κ1) is 21.7. The maximum Gasteiger partial charge on any atom is 0.257 e. The number of pyridine rings is 1. The van der Waals surface area contributed by atoms with E-state index in [0.29, 0.717) is 43.9 Å². The average molecular weight is 432 g/mol. The van der Waals surface area contributed by atoms with Gasteiger partial charge in [0.15, 0.2) is 0 Å². The fourth-order valence-electron chi connectivity index (χ4n) is 4.14. The molecular weight excluding hydrogens is 402 g/mol. The summed E-state index contributed by atoms with van der Waals surface area (Å²) in [6.07, 6.45) is 5.44. The van der Waals surface area contributed by atoms with E-state index in [-0.39, 0.29) is 17.7 Å². The normalized spacial score (nSPS) is 14.4. The zero-order valence-corrected chi connectivity index (χ0v) is 18.6. The Hall–Kier alpha value is -3.48. The summed E-state index contributed by atoms with van der Waals surface area (Å²) in [7, 11) is 0. The molecule has 0 unspecified atom stereocenters. The molecule has 1 saturated heterocycles. The van der Waals surface area contributed by atoms with Gasteiger partial charge in [-0.25, -0.2) is 4.98 Å². The molecule has 0 aliphatic carbocycles. The van der Waals surface area contributed by atoms with Crippen LogP contribution in [0, 0.1) is 12.8 Å². The van der Waals surface area contributed by atoms with E-state index in [1.54, 1.807) is 12.4 Å². The number of carbonyl (C=O) groups is 2. The van der Waals surface area contributed by atoms with Crippen LogP contribution in [0.4, 0.5) is 5.82 Å². The van der Waals surface area contributed by atoms with Crippen molar-refractivity contribution in [3.63, 3.8) is 0 Å². The minimum atomic E-state index is -0.117. The maximum absolute atomic E-state index is 13.2. The lowest BCUT2D eigenvalue weighted by molar-refractivity contribution is -0.121. The van der Waals surface area contributed by atoms with E-state index in [9.17, 15) is 9.59 Å². The standard InChI is InChI=1S/C25H29N5O2/c1-3-22-21(16-27-30(22)17-19-7-5-4-6-8-19)25(32)29-13-11-20(12-14-29)24(31)28-23-10-9-18(2)15-26-23/h4-10,15-16,20H,3,11-14,17H2,1-2H3,(H,26,28,31). The van der Waals surface area contributed by atoms with Gasteiger partial charge < -0.3 is 10.2 Å². The van der Waals surface area contributed by atoms with Gasteiger partial charge in [0, 0.05) is 25.2 Å². The molecule has 1 aromatic carbocycles. The number of carbonyl (C=O) groups excluding carboxylic acids is 2. The van der Waals surface area contributed by atoms with Crippen LogP contribution in [0.3, 0.4) is 0 Å². The second-order valence-corrected chi connectivity index (χ2v) is 8.28. The highest BCUT2D eigenvalue weighted by atomic mass is 16.2. The van der Waals surface area contributed by atoms with Crippen molar-refractivity contribution in [2.24, 2.45) is 5.92 Å². The van der Waals surface area contributed by atoms with Crippen LogP contribution >= 0.6 is 0 Å². The van der Waals surface area contributed by atoms with Gasteiger partial charge >= 0.3 is 0 Å². The number of amides is 2. The van der Waals surface area contributed by atoms with Crippen LogP contribution in [0.25, 0.3) is 0 Å². The lowest BCUT2D eigenvalue weighted by Crippen LogP contribution is -2.41. The zero-order valence-electron chi connectivity index (χ0n) is 18.6. The molecule has 1 fully saturated rings. The number of rotatable bonds is 6. The van der Waals surface area contributed by atoms with Crippen LogP contribution in [-0.2, 0) is 17.8 Å². The number of hydrogen-bond acceptors (Lipinski definition) is 4. The van der Waals surface area contributed by atoms with Crippen molar-refractivity contribution < 1.29 is 9.59 Å². The summed E-state index contributed by atoms with van der Waals surface area (Å²) in [4.78, 5) is 31.9. The highest BCUT2D eigenvalue weighted by Crippen LogP contribution is 2.22. The van der Waals surface area contributed by atoms with Crippen molar-refractivity contribution in [3.05, 3.63) is 77.2 Å². The summed E-state index contributed by atoms with van der Waals surface area (Å²) < 4.78 is 1.91. The second kappa shape index (κ2) is 9.77. The van der Waals surface area contributed by atoms with Gasteiger partial charge in [-0.2, -0.15) is 5.10 Å². The average Bonchev–Trinajstić information content (AvgIpc) is 3.23. The number of hydrogen-bond donors (Lipinski definition) is 1. The molecule has 3 heterocycles. The zero-order chi connectivity index (χ0) is 22.5. The minimum absolute atomic E-state index is 0.000205. The van der Waals surface area contributed by atoms with Crippen LogP contribution in [0.15, 0.2) is 54.9 Å². The number of likely N-dealkylation sites (tertiary alicyclic amines) is 1. The molecule has 0 bridgehead atoms. The van der Waals surface area contributed by atoms with Crippen molar-refractivity contribution >= 4 is 17.6 Å². The van der Waals surface area contributed by atoms with E-state index in [1.807, 2.05) is 53.8 Å². The van der Waals surface area contributed by atoms with Crippen molar-refractivity contribution in [1.29, 1.82) is 0 Å². The minimum Gasteiger partial charge on any atom is -0.338 e. The van der Waals surface area contributed by atoms with Crippen molar-refractivity contribution in [2.75, 3.05) is 18.4 Å². The molecule has 32 heavy (non-hydrogen) atoms. The summed E-state index contributed by atoms with van der Waals surface area (Å²) in [5.41, 5.74) is 3.81. The topological polar surface area (TPSA) is 80.1 Å². The summed E-state index contributed by atoms with van der Waals surface area (Å²) in [5, 5.41) is 7.38. The maximum atomic E-state index is 13.2. The molecule has 7 heteroatoms. The van der Waals surface area contributed by atoms with Gasteiger partial charge in [-0.1, -0.05) is 43.3 Å². The predicted octanol–water partition coefficient (Wildman–Crippen LogP) is 3.69. The number of anilines is 1. The van der Waals surface area contributed by atoms with E-state index in [0.717, 1.165) is 23.2 Å². The molecular formula is C25H29N5O2. The van der Waals surface area contributed by atoms with Gasteiger partial charge in [0.2, 0.25) is 5.91 Å². The fourth-order valence-corrected chi connectivity index (χ4v) is 4.14. The van der Waals surface area contributed by atoms with Gasteiger partial charge in [-0.05, 0) is 43.4 Å². The van der Waals surface area contributed by atoms with Gasteiger partial charge in [-0.15, -0.1) is 0 Å². The van der Waals surface area contributed by atoms with Gasteiger partial charge in [0.1, 0.15) is 5.82 Å².